The Labute approximate surface area is 125 Å². The van der Waals surface area contributed by atoms with Crippen LogP contribution in [-0.2, 0) is 0 Å². The van der Waals surface area contributed by atoms with Gasteiger partial charge in [-0.25, -0.2) is 4.98 Å². The van der Waals surface area contributed by atoms with Crippen molar-refractivity contribution < 1.29 is 9.52 Å². The number of aromatic nitrogens is 1. The molecule has 0 fully saturated rings. The number of benzene rings is 2. The molecule has 0 spiro atoms. The van der Waals surface area contributed by atoms with Crippen LogP contribution in [-0.4, -0.2) is 10.1 Å². The molecule has 0 bridgehead atoms. The SMILES string of the molecule is Oc1ccc2oc3ncc(Cl)c(-c4ccccc4)c3c2c1. The zero-order valence-electron chi connectivity index (χ0n) is 10.9. The van der Waals surface area contributed by atoms with Gasteiger partial charge < -0.3 is 9.52 Å². The molecular formula is C17H10ClNO2. The van der Waals surface area contributed by atoms with E-state index in [1.165, 1.54) is 0 Å². The van der Waals surface area contributed by atoms with E-state index in [9.17, 15) is 5.11 Å². The van der Waals surface area contributed by atoms with Crippen LogP contribution < -0.4 is 0 Å². The molecule has 0 saturated heterocycles. The van der Waals surface area contributed by atoms with Crippen LogP contribution in [0.3, 0.4) is 0 Å². The van der Waals surface area contributed by atoms with Crippen LogP contribution >= 0.6 is 11.6 Å². The molecule has 102 valence electrons. The topological polar surface area (TPSA) is 46.3 Å². The molecule has 0 radical (unpaired) electrons. The predicted octanol–water partition coefficient (Wildman–Crippen LogP) is 5.01. The molecule has 0 atom stereocenters. The zero-order valence-corrected chi connectivity index (χ0v) is 11.6. The lowest BCUT2D eigenvalue weighted by Gasteiger charge is -2.05. The molecule has 4 rings (SSSR count). The molecule has 0 unspecified atom stereocenters. The Hall–Kier alpha value is -2.52. The maximum absolute atomic E-state index is 9.74. The van der Waals surface area contributed by atoms with Crippen molar-refractivity contribution in [3.8, 4) is 16.9 Å². The number of nitrogens with zero attached hydrogens (tertiary/aromatic N) is 1. The third-order valence-corrected chi connectivity index (χ3v) is 3.79. The van der Waals surface area contributed by atoms with Gasteiger partial charge in [0.25, 0.3) is 0 Å². The van der Waals surface area contributed by atoms with Crippen molar-refractivity contribution in [2.45, 2.75) is 0 Å². The predicted molar refractivity (Wildman–Crippen MR) is 83.6 cm³/mol. The summed E-state index contributed by atoms with van der Waals surface area (Å²) in [6.07, 6.45) is 1.59. The first-order valence-electron chi connectivity index (χ1n) is 6.49. The Morgan fingerprint density at radius 3 is 2.67 bits per heavy atom. The summed E-state index contributed by atoms with van der Waals surface area (Å²) < 4.78 is 5.74. The van der Waals surface area contributed by atoms with E-state index in [4.69, 9.17) is 16.0 Å². The van der Waals surface area contributed by atoms with Gasteiger partial charge in [-0.05, 0) is 23.8 Å². The molecule has 2 heterocycles. The first-order valence-corrected chi connectivity index (χ1v) is 6.87. The third kappa shape index (κ3) is 1.86. The van der Waals surface area contributed by atoms with Crippen molar-refractivity contribution in [2.24, 2.45) is 0 Å². The molecule has 0 aliphatic rings. The third-order valence-electron chi connectivity index (χ3n) is 3.50. The normalized spacial score (nSPS) is 11.3. The van der Waals surface area contributed by atoms with Gasteiger partial charge in [0.05, 0.1) is 16.6 Å². The molecule has 2 aromatic carbocycles. The van der Waals surface area contributed by atoms with Crippen molar-refractivity contribution >= 4 is 33.7 Å². The van der Waals surface area contributed by atoms with E-state index in [0.717, 1.165) is 21.9 Å². The fourth-order valence-corrected chi connectivity index (χ4v) is 2.84. The van der Waals surface area contributed by atoms with Crippen molar-refractivity contribution in [3.63, 3.8) is 0 Å². The molecule has 4 heteroatoms. The highest BCUT2D eigenvalue weighted by molar-refractivity contribution is 6.35. The maximum atomic E-state index is 9.74. The van der Waals surface area contributed by atoms with E-state index >= 15 is 0 Å². The van der Waals surface area contributed by atoms with Crippen LogP contribution in [0.15, 0.2) is 59.1 Å². The van der Waals surface area contributed by atoms with E-state index in [1.54, 1.807) is 24.4 Å². The largest absolute Gasteiger partial charge is 0.508 e. The van der Waals surface area contributed by atoms with E-state index in [-0.39, 0.29) is 5.75 Å². The molecule has 4 aromatic rings. The minimum atomic E-state index is 0.184. The average molecular weight is 296 g/mol. The lowest BCUT2D eigenvalue weighted by Crippen LogP contribution is -1.84. The number of hydrogen-bond donors (Lipinski definition) is 1. The maximum Gasteiger partial charge on any atom is 0.227 e. The van der Waals surface area contributed by atoms with Crippen molar-refractivity contribution in [1.82, 2.24) is 4.98 Å². The fraction of sp³-hybridized carbons (Fsp3) is 0. The average Bonchev–Trinajstić information content (AvgIpc) is 2.86. The van der Waals surface area contributed by atoms with Gasteiger partial charge in [0.15, 0.2) is 0 Å². The van der Waals surface area contributed by atoms with Crippen molar-refractivity contribution in [3.05, 3.63) is 59.8 Å². The molecular weight excluding hydrogens is 286 g/mol. The molecule has 2 aromatic heterocycles. The van der Waals surface area contributed by atoms with E-state index in [2.05, 4.69) is 4.98 Å². The summed E-state index contributed by atoms with van der Waals surface area (Å²) in [5.74, 6) is 0.184. The van der Waals surface area contributed by atoms with Crippen LogP contribution in [0.1, 0.15) is 0 Å². The first kappa shape index (κ1) is 12.2. The van der Waals surface area contributed by atoms with Gasteiger partial charge in [-0.2, -0.15) is 0 Å². The molecule has 0 saturated carbocycles. The van der Waals surface area contributed by atoms with Crippen LogP contribution in [0.25, 0.3) is 33.2 Å². The second-order valence-corrected chi connectivity index (χ2v) is 5.22. The number of hydrogen-bond acceptors (Lipinski definition) is 3. The summed E-state index contributed by atoms with van der Waals surface area (Å²) in [4.78, 5) is 4.25. The number of aromatic hydroxyl groups is 1. The minimum Gasteiger partial charge on any atom is -0.508 e. The van der Waals surface area contributed by atoms with E-state index in [1.807, 2.05) is 30.3 Å². The second-order valence-electron chi connectivity index (χ2n) is 4.81. The summed E-state index contributed by atoms with van der Waals surface area (Å²) in [5, 5.41) is 11.9. The smallest absolute Gasteiger partial charge is 0.227 e. The van der Waals surface area contributed by atoms with Crippen molar-refractivity contribution in [2.75, 3.05) is 0 Å². The van der Waals surface area contributed by atoms with Crippen LogP contribution in [0.5, 0.6) is 5.75 Å². The number of phenolic OH excluding ortho intramolecular Hbond substituents is 1. The van der Waals surface area contributed by atoms with Gasteiger partial charge in [-0.15, -0.1) is 0 Å². The lowest BCUT2D eigenvalue weighted by molar-refractivity contribution is 0.476. The quantitative estimate of drug-likeness (QED) is 0.537. The van der Waals surface area contributed by atoms with E-state index in [0.29, 0.717) is 16.3 Å². The fourth-order valence-electron chi connectivity index (χ4n) is 2.59. The minimum absolute atomic E-state index is 0.184. The van der Waals surface area contributed by atoms with Crippen LogP contribution in [0, 0.1) is 0 Å². The second kappa shape index (κ2) is 4.50. The Kier molecular flexibility index (Phi) is 2.62. The number of pyridine rings is 1. The van der Waals surface area contributed by atoms with Crippen molar-refractivity contribution in [1.29, 1.82) is 0 Å². The van der Waals surface area contributed by atoms with Gasteiger partial charge in [0, 0.05) is 10.9 Å². The van der Waals surface area contributed by atoms with Crippen LogP contribution in [0.4, 0.5) is 0 Å². The summed E-state index contributed by atoms with van der Waals surface area (Å²) in [5.41, 5.74) is 3.04. The molecule has 21 heavy (non-hydrogen) atoms. The number of phenols is 1. The first-order chi connectivity index (χ1) is 10.2. The van der Waals surface area contributed by atoms with Gasteiger partial charge in [-0.3, -0.25) is 0 Å². The molecule has 1 N–H and O–H groups in total. The molecule has 3 nitrogen and oxygen atoms in total. The monoisotopic (exact) mass is 295 g/mol. The zero-order chi connectivity index (χ0) is 14.4. The summed E-state index contributed by atoms with van der Waals surface area (Å²) in [6, 6.07) is 14.8. The number of furan rings is 1. The molecule has 0 aliphatic carbocycles. The number of fused-ring (bicyclic) bond motifs is 3. The summed E-state index contributed by atoms with van der Waals surface area (Å²) in [7, 11) is 0. The Morgan fingerprint density at radius 1 is 1.05 bits per heavy atom. The molecule has 0 aliphatic heterocycles. The highest BCUT2D eigenvalue weighted by atomic mass is 35.5. The van der Waals surface area contributed by atoms with E-state index < -0.39 is 0 Å². The van der Waals surface area contributed by atoms with Gasteiger partial charge in [0.1, 0.15) is 11.3 Å². The number of rotatable bonds is 1. The standard InChI is InChI=1S/C17H10ClNO2/c18-13-9-19-17-16(15(13)10-4-2-1-3-5-10)12-8-11(20)6-7-14(12)21-17/h1-9,20H. The Bertz CT molecular complexity index is 961. The number of halogens is 1. The molecule has 0 amide bonds. The Balaban J connectivity index is 2.21. The van der Waals surface area contributed by atoms with Crippen LogP contribution in [0.2, 0.25) is 5.02 Å². The summed E-state index contributed by atoms with van der Waals surface area (Å²) >= 11 is 6.37. The Morgan fingerprint density at radius 2 is 1.86 bits per heavy atom. The lowest BCUT2D eigenvalue weighted by atomic mass is 10.0. The van der Waals surface area contributed by atoms with Gasteiger partial charge in [-0.1, -0.05) is 41.9 Å². The van der Waals surface area contributed by atoms with Gasteiger partial charge in [0.2, 0.25) is 5.71 Å². The highest BCUT2D eigenvalue weighted by Crippen LogP contribution is 2.40. The summed E-state index contributed by atoms with van der Waals surface area (Å²) in [6.45, 7) is 0. The highest BCUT2D eigenvalue weighted by Gasteiger charge is 2.16. The van der Waals surface area contributed by atoms with Gasteiger partial charge >= 0.3 is 0 Å².